The monoisotopic (exact) mass is 228 g/mol. The van der Waals surface area contributed by atoms with E-state index in [0.29, 0.717) is 4.83 Å². The fourth-order valence-electron chi connectivity index (χ4n) is 1.07. The van der Waals surface area contributed by atoms with Gasteiger partial charge in [-0.25, -0.2) is 0 Å². The highest BCUT2D eigenvalue weighted by Gasteiger charge is 2.04. The van der Waals surface area contributed by atoms with Gasteiger partial charge in [0.25, 0.3) is 0 Å². The summed E-state index contributed by atoms with van der Waals surface area (Å²) in [5, 5.41) is 0. The number of rotatable bonds is 3. The van der Waals surface area contributed by atoms with Crippen LogP contribution in [0.1, 0.15) is 23.7 Å². The minimum Gasteiger partial charge on any atom is -0.497 e. The Balaban J connectivity index is 2.86. The predicted molar refractivity (Wildman–Crippen MR) is 55.0 cm³/mol. The summed E-state index contributed by atoms with van der Waals surface area (Å²) < 4.78 is 5.13. The number of benzene rings is 1. The Morgan fingerprint density at radius 1 is 1.50 bits per heavy atom. The Kier molecular flexibility index (Phi) is 3.60. The standard InChI is InChI=1S/C10H13BrO/c1-3-10(11)8-5-4-6-9(7-8)12-2/h4-7,10H,3H2,1-2H3/t10-/m0/s1. The van der Waals surface area contributed by atoms with E-state index in [0.717, 1.165) is 12.2 Å². The van der Waals surface area contributed by atoms with Crippen molar-refractivity contribution in [3.05, 3.63) is 29.8 Å². The molecule has 0 saturated heterocycles. The second-order valence-electron chi connectivity index (χ2n) is 2.65. The number of ether oxygens (including phenoxy) is 1. The molecule has 1 aromatic rings. The molecule has 0 heterocycles. The third kappa shape index (κ3) is 2.24. The third-order valence-corrected chi connectivity index (χ3v) is 2.99. The molecule has 0 bridgehead atoms. The van der Waals surface area contributed by atoms with Crippen LogP contribution in [0.2, 0.25) is 0 Å². The smallest absolute Gasteiger partial charge is 0.119 e. The lowest BCUT2D eigenvalue weighted by molar-refractivity contribution is 0.414. The first kappa shape index (κ1) is 9.59. The van der Waals surface area contributed by atoms with Crippen molar-refractivity contribution in [1.82, 2.24) is 0 Å². The summed E-state index contributed by atoms with van der Waals surface area (Å²) in [5.74, 6) is 0.922. The highest BCUT2D eigenvalue weighted by atomic mass is 79.9. The van der Waals surface area contributed by atoms with Crippen molar-refractivity contribution in [3.8, 4) is 5.75 Å². The summed E-state index contributed by atoms with van der Waals surface area (Å²) >= 11 is 3.59. The van der Waals surface area contributed by atoms with Gasteiger partial charge < -0.3 is 4.74 Å². The van der Waals surface area contributed by atoms with E-state index in [2.05, 4.69) is 35.0 Å². The van der Waals surface area contributed by atoms with Gasteiger partial charge >= 0.3 is 0 Å². The van der Waals surface area contributed by atoms with Crippen LogP contribution in [0, 0.1) is 0 Å². The van der Waals surface area contributed by atoms with Gasteiger partial charge in [-0.05, 0) is 24.1 Å². The van der Waals surface area contributed by atoms with Gasteiger partial charge in [0.2, 0.25) is 0 Å². The lowest BCUT2D eigenvalue weighted by Gasteiger charge is -2.08. The molecule has 2 heteroatoms. The van der Waals surface area contributed by atoms with E-state index in [9.17, 15) is 0 Å². The number of methoxy groups -OCH3 is 1. The fourth-order valence-corrected chi connectivity index (χ4v) is 1.36. The van der Waals surface area contributed by atoms with Crippen molar-refractivity contribution in [3.63, 3.8) is 0 Å². The first-order valence-electron chi connectivity index (χ1n) is 4.06. The number of hydrogen-bond acceptors (Lipinski definition) is 1. The Morgan fingerprint density at radius 2 is 2.25 bits per heavy atom. The Morgan fingerprint density at radius 3 is 2.83 bits per heavy atom. The maximum Gasteiger partial charge on any atom is 0.119 e. The molecule has 66 valence electrons. The number of alkyl halides is 1. The van der Waals surface area contributed by atoms with E-state index in [1.807, 2.05) is 12.1 Å². The summed E-state index contributed by atoms with van der Waals surface area (Å²) in [6.45, 7) is 2.15. The van der Waals surface area contributed by atoms with Crippen LogP contribution in [-0.2, 0) is 0 Å². The molecule has 0 saturated carbocycles. The molecule has 1 nitrogen and oxygen atoms in total. The first-order chi connectivity index (χ1) is 5.77. The average Bonchev–Trinajstić information content (AvgIpc) is 2.17. The topological polar surface area (TPSA) is 9.23 Å². The van der Waals surface area contributed by atoms with Gasteiger partial charge in [-0.3, -0.25) is 0 Å². The number of hydrogen-bond donors (Lipinski definition) is 0. The van der Waals surface area contributed by atoms with Crippen molar-refractivity contribution < 1.29 is 4.74 Å². The zero-order valence-corrected chi connectivity index (χ0v) is 8.97. The molecule has 0 aliphatic heterocycles. The van der Waals surface area contributed by atoms with Crippen molar-refractivity contribution >= 4 is 15.9 Å². The largest absolute Gasteiger partial charge is 0.497 e. The van der Waals surface area contributed by atoms with Gasteiger partial charge in [0.05, 0.1) is 7.11 Å². The highest BCUT2D eigenvalue weighted by molar-refractivity contribution is 9.09. The summed E-state index contributed by atoms with van der Waals surface area (Å²) in [6, 6.07) is 8.13. The molecule has 0 aliphatic rings. The molecule has 0 N–H and O–H groups in total. The van der Waals surface area contributed by atoms with Gasteiger partial charge in [-0.2, -0.15) is 0 Å². The average molecular weight is 229 g/mol. The van der Waals surface area contributed by atoms with Crippen LogP contribution < -0.4 is 4.74 Å². The van der Waals surface area contributed by atoms with Crippen LogP contribution in [0.15, 0.2) is 24.3 Å². The van der Waals surface area contributed by atoms with Gasteiger partial charge in [-0.15, -0.1) is 0 Å². The maximum atomic E-state index is 5.13. The molecule has 1 aromatic carbocycles. The molecule has 0 aliphatic carbocycles. The van der Waals surface area contributed by atoms with E-state index in [1.165, 1.54) is 5.56 Å². The number of halogens is 1. The lowest BCUT2D eigenvalue weighted by Crippen LogP contribution is -1.89. The molecule has 0 amide bonds. The second-order valence-corrected chi connectivity index (χ2v) is 3.76. The molecular weight excluding hydrogens is 216 g/mol. The first-order valence-corrected chi connectivity index (χ1v) is 4.97. The van der Waals surface area contributed by atoms with Crippen molar-refractivity contribution in [1.29, 1.82) is 0 Å². The molecule has 0 aromatic heterocycles. The van der Waals surface area contributed by atoms with E-state index >= 15 is 0 Å². The molecule has 0 radical (unpaired) electrons. The van der Waals surface area contributed by atoms with Crippen molar-refractivity contribution in [2.45, 2.75) is 18.2 Å². The van der Waals surface area contributed by atoms with Crippen molar-refractivity contribution in [2.24, 2.45) is 0 Å². The van der Waals surface area contributed by atoms with Gasteiger partial charge in [-0.1, -0.05) is 35.0 Å². The zero-order valence-electron chi connectivity index (χ0n) is 7.38. The summed E-state index contributed by atoms with van der Waals surface area (Å²) in [7, 11) is 1.69. The van der Waals surface area contributed by atoms with E-state index < -0.39 is 0 Å². The Labute approximate surface area is 81.9 Å². The molecule has 1 atom stereocenters. The van der Waals surface area contributed by atoms with Gasteiger partial charge in [0, 0.05) is 4.83 Å². The normalized spacial score (nSPS) is 12.6. The summed E-state index contributed by atoms with van der Waals surface area (Å²) in [5.41, 5.74) is 1.27. The van der Waals surface area contributed by atoms with Crippen LogP contribution in [0.4, 0.5) is 0 Å². The Bertz CT molecular complexity index is 247. The van der Waals surface area contributed by atoms with Crippen LogP contribution in [0.5, 0.6) is 5.75 Å². The fraction of sp³-hybridized carbons (Fsp3) is 0.400. The van der Waals surface area contributed by atoms with E-state index in [-0.39, 0.29) is 0 Å². The molecule has 0 spiro atoms. The highest BCUT2D eigenvalue weighted by Crippen LogP contribution is 2.28. The van der Waals surface area contributed by atoms with E-state index in [1.54, 1.807) is 7.11 Å². The minimum atomic E-state index is 0.438. The summed E-state index contributed by atoms with van der Waals surface area (Å²) in [6.07, 6.45) is 1.09. The lowest BCUT2D eigenvalue weighted by atomic mass is 10.1. The molecule has 1 rings (SSSR count). The summed E-state index contributed by atoms with van der Waals surface area (Å²) in [4.78, 5) is 0.438. The second kappa shape index (κ2) is 4.51. The van der Waals surface area contributed by atoms with Gasteiger partial charge in [0.1, 0.15) is 5.75 Å². The SMILES string of the molecule is CC[C@H](Br)c1cccc(OC)c1. The minimum absolute atomic E-state index is 0.438. The Hall–Kier alpha value is -0.500. The van der Waals surface area contributed by atoms with Crippen LogP contribution >= 0.6 is 15.9 Å². The van der Waals surface area contributed by atoms with Gasteiger partial charge in [0.15, 0.2) is 0 Å². The molecule has 0 fully saturated rings. The van der Waals surface area contributed by atoms with Crippen molar-refractivity contribution in [2.75, 3.05) is 7.11 Å². The third-order valence-electron chi connectivity index (χ3n) is 1.81. The predicted octanol–water partition coefficient (Wildman–Crippen LogP) is 3.54. The molecule has 12 heavy (non-hydrogen) atoms. The van der Waals surface area contributed by atoms with Crippen LogP contribution in [0.25, 0.3) is 0 Å². The zero-order chi connectivity index (χ0) is 8.97. The van der Waals surface area contributed by atoms with E-state index in [4.69, 9.17) is 4.74 Å². The maximum absolute atomic E-state index is 5.13. The molecular formula is C10H13BrO. The van der Waals surface area contributed by atoms with Crippen LogP contribution in [0.3, 0.4) is 0 Å². The quantitative estimate of drug-likeness (QED) is 0.720. The molecule has 0 unspecified atom stereocenters. The van der Waals surface area contributed by atoms with Crippen LogP contribution in [-0.4, -0.2) is 7.11 Å².